The molecule has 1 aromatic carbocycles. The van der Waals surface area contributed by atoms with Crippen LogP contribution in [-0.4, -0.2) is 74.1 Å². The molecule has 0 aliphatic carbocycles. The first-order chi connectivity index (χ1) is 16.2. The van der Waals surface area contributed by atoms with Gasteiger partial charge in [-0.15, -0.1) is 0 Å². The van der Waals surface area contributed by atoms with E-state index >= 15 is 0 Å². The second kappa shape index (κ2) is 9.45. The molecule has 0 bridgehead atoms. The summed E-state index contributed by atoms with van der Waals surface area (Å²) in [5, 5.41) is 9.04. The zero-order valence-electron chi connectivity index (χ0n) is 19.2. The van der Waals surface area contributed by atoms with Crippen LogP contribution in [0.1, 0.15) is 43.2 Å². The number of methoxy groups -OCH3 is 1. The minimum atomic E-state index is -4.60. The number of carbonyl (C=O) groups is 2. The fraction of sp³-hybridized carbons (Fsp3) is 0.625. The molecule has 34 heavy (non-hydrogen) atoms. The molecule has 1 unspecified atom stereocenters. The van der Waals surface area contributed by atoms with Crippen LogP contribution in [0, 0.1) is 16.7 Å². The number of piperidine rings is 1. The van der Waals surface area contributed by atoms with Crippen molar-refractivity contribution in [2.45, 2.75) is 44.3 Å². The fourth-order valence-corrected chi connectivity index (χ4v) is 5.56. The lowest BCUT2D eigenvalue weighted by Gasteiger charge is -2.40. The van der Waals surface area contributed by atoms with Gasteiger partial charge in [-0.1, -0.05) is 0 Å². The van der Waals surface area contributed by atoms with Gasteiger partial charge >= 0.3 is 6.18 Å². The van der Waals surface area contributed by atoms with Crippen molar-refractivity contribution in [3.05, 3.63) is 29.3 Å². The average molecular weight is 479 g/mol. The lowest BCUT2D eigenvalue weighted by atomic mass is 9.76. The van der Waals surface area contributed by atoms with Crippen molar-refractivity contribution in [3.8, 4) is 6.07 Å². The first-order valence-electron chi connectivity index (χ1n) is 11.6. The zero-order chi connectivity index (χ0) is 24.5. The summed E-state index contributed by atoms with van der Waals surface area (Å²) in [7, 11) is 1.45. The first-order valence-corrected chi connectivity index (χ1v) is 11.6. The maximum Gasteiger partial charge on any atom is 0.417 e. The van der Waals surface area contributed by atoms with Crippen molar-refractivity contribution < 1.29 is 27.5 Å². The van der Waals surface area contributed by atoms with E-state index in [2.05, 4.69) is 0 Å². The average Bonchev–Trinajstić information content (AvgIpc) is 3.47. The number of hydrogen-bond acceptors (Lipinski definition) is 5. The number of nitrogens with zero attached hydrogens (tertiary/aromatic N) is 4. The largest absolute Gasteiger partial charge is 0.417 e. The van der Waals surface area contributed by atoms with E-state index in [4.69, 9.17) is 10.00 Å². The Morgan fingerprint density at radius 3 is 2.44 bits per heavy atom. The molecule has 10 heteroatoms. The van der Waals surface area contributed by atoms with Crippen LogP contribution in [0.25, 0.3) is 0 Å². The van der Waals surface area contributed by atoms with E-state index in [0.717, 1.165) is 18.9 Å². The van der Waals surface area contributed by atoms with Crippen LogP contribution in [0.2, 0.25) is 0 Å². The molecule has 3 fully saturated rings. The Balaban J connectivity index is 1.50. The van der Waals surface area contributed by atoms with Gasteiger partial charge < -0.3 is 19.4 Å². The molecular weight excluding hydrogens is 449 g/mol. The van der Waals surface area contributed by atoms with Gasteiger partial charge in [0.05, 0.1) is 17.2 Å². The lowest BCUT2D eigenvalue weighted by molar-refractivity contribution is -0.145. The summed E-state index contributed by atoms with van der Waals surface area (Å²) in [4.78, 5) is 31.4. The maximum absolute atomic E-state index is 13.4. The third-order valence-electron chi connectivity index (χ3n) is 7.42. The predicted octanol–water partition coefficient (Wildman–Crippen LogP) is 3.03. The molecule has 1 aromatic rings. The number of halogens is 3. The van der Waals surface area contributed by atoms with Crippen LogP contribution in [0.15, 0.2) is 18.2 Å². The number of nitriles is 1. The molecule has 1 spiro atoms. The van der Waals surface area contributed by atoms with Crippen molar-refractivity contribution in [1.82, 2.24) is 9.80 Å². The molecule has 1 atom stereocenters. The second-order valence-electron chi connectivity index (χ2n) is 9.53. The fourth-order valence-electron chi connectivity index (χ4n) is 5.56. The van der Waals surface area contributed by atoms with Gasteiger partial charge in [0.15, 0.2) is 0 Å². The number of ether oxygens (including phenoxy) is 1. The zero-order valence-corrected chi connectivity index (χ0v) is 19.2. The van der Waals surface area contributed by atoms with Gasteiger partial charge in [-0.25, -0.2) is 0 Å². The normalized spacial score (nSPS) is 22.3. The third-order valence-corrected chi connectivity index (χ3v) is 7.42. The van der Waals surface area contributed by atoms with Gasteiger partial charge in [0.2, 0.25) is 11.8 Å². The van der Waals surface area contributed by atoms with Crippen molar-refractivity contribution >= 4 is 17.5 Å². The molecule has 3 aliphatic rings. The molecule has 4 rings (SSSR count). The number of benzene rings is 1. The Labute approximate surface area is 197 Å². The Morgan fingerprint density at radius 2 is 1.85 bits per heavy atom. The minimum absolute atomic E-state index is 0.0110. The number of amides is 2. The quantitative estimate of drug-likeness (QED) is 0.665. The lowest BCUT2D eigenvalue weighted by Crippen LogP contribution is -2.48. The number of likely N-dealkylation sites (tertiary alicyclic amines) is 2. The SMILES string of the molecule is COCC(=O)N1CC2(CCN(c3ccc(C#N)c(C(F)(F)F)c3)CC2)CC1C(=O)N1CCCC1. The van der Waals surface area contributed by atoms with Crippen molar-refractivity contribution in [2.75, 3.05) is 51.3 Å². The number of carbonyl (C=O) groups excluding carboxylic acids is 2. The maximum atomic E-state index is 13.4. The number of alkyl halides is 3. The minimum Gasteiger partial charge on any atom is -0.375 e. The van der Waals surface area contributed by atoms with E-state index in [-0.39, 0.29) is 23.8 Å². The smallest absolute Gasteiger partial charge is 0.375 e. The first kappa shape index (κ1) is 24.3. The third kappa shape index (κ3) is 4.71. The summed E-state index contributed by atoms with van der Waals surface area (Å²) in [5.41, 5.74) is -1.15. The summed E-state index contributed by atoms with van der Waals surface area (Å²) in [6.07, 6.45) is -0.782. The Morgan fingerprint density at radius 1 is 1.18 bits per heavy atom. The van der Waals surface area contributed by atoms with E-state index in [1.54, 1.807) is 17.0 Å². The van der Waals surface area contributed by atoms with Gasteiger partial charge in [-0.05, 0) is 55.7 Å². The molecule has 3 aliphatic heterocycles. The van der Waals surface area contributed by atoms with Crippen LogP contribution in [0.4, 0.5) is 18.9 Å². The van der Waals surface area contributed by atoms with Gasteiger partial charge in [-0.3, -0.25) is 9.59 Å². The van der Waals surface area contributed by atoms with Crippen molar-refractivity contribution in [1.29, 1.82) is 5.26 Å². The van der Waals surface area contributed by atoms with Gasteiger partial charge in [0, 0.05) is 45.5 Å². The molecule has 3 heterocycles. The Kier molecular flexibility index (Phi) is 6.76. The van der Waals surface area contributed by atoms with Crippen LogP contribution >= 0.6 is 0 Å². The molecule has 0 N–H and O–H groups in total. The highest BCUT2D eigenvalue weighted by Gasteiger charge is 2.50. The molecule has 184 valence electrons. The molecule has 0 aromatic heterocycles. The monoisotopic (exact) mass is 478 g/mol. The van der Waals surface area contributed by atoms with Gasteiger partial charge in [-0.2, -0.15) is 18.4 Å². The number of rotatable bonds is 4. The molecule has 2 amide bonds. The van der Waals surface area contributed by atoms with Crippen LogP contribution in [0.3, 0.4) is 0 Å². The molecule has 3 saturated heterocycles. The second-order valence-corrected chi connectivity index (χ2v) is 9.53. The van der Waals surface area contributed by atoms with E-state index in [1.165, 1.54) is 13.2 Å². The van der Waals surface area contributed by atoms with Crippen molar-refractivity contribution in [3.63, 3.8) is 0 Å². The number of hydrogen-bond donors (Lipinski definition) is 0. The van der Waals surface area contributed by atoms with E-state index in [9.17, 15) is 22.8 Å². The van der Waals surface area contributed by atoms with E-state index in [1.807, 2.05) is 9.80 Å². The van der Waals surface area contributed by atoms with Crippen LogP contribution in [-0.2, 0) is 20.5 Å². The Bertz CT molecular complexity index is 977. The topological polar surface area (TPSA) is 76.9 Å². The summed E-state index contributed by atoms with van der Waals surface area (Å²) in [6.45, 7) is 2.82. The number of anilines is 1. The van der Waals surface area contributed by atoms with E-state index in [0.29, 0.717) is 57.7 Å². The molecule has 7 nitrogen and oxygen atoms in total. The molecular formula is C24H29F3N4O3. The van der Waals surface area contributed by atoms with Gasteiger partial charge in [0.1, 0.15) is 12.6 Å². The Hall–Kier alpha value is -2.80. The summed E-state index contributed by atoms with van der Waals surface area (Å²) >= 11 is 0. The van der Waals surface area contributed by atoms with Gasteiger partial charge in [0.25, 0.3) is 0 Å². The van der Waals surface area contributed by atoms with E-state index < -0.39 is 23.3 Å². The molecule has 0 saturated carbocycles. The summed E-state index contributed by atoms with van der Waals surface area (Å²) in [6, 6.07) is 4.91. The standard InChI is InChI=1S/C24H29F3N4O3/c1-34-15-21(32)31-16-23(13-20(31)22(33)30-8-2-3-9-30)6-10-29(11-7-23)18-5-4-17(14-28)19(12-18)24(25,26)27/h4-5,12,20H,2-3,6-11,13,15-16H2,1H3. The highest BCUT2D eigenvalue weighted by Crippen LogP contribution is 2.45. The summed E-state index contributed by atoms with van der Waals surface area (Å²) in [5.74, 6) is -0.218. The highest BCUT2D eigenvalue weighted by molar-refractivity contribution is 5.89. The molecule has 0 radical (unpaired) electrons. The summed E-state index contributed by atoms with van der Waals surface area (Å²) < 4.78 is 45.2. The van der Waals surface area contributed by atoms with Crippen LogP contribution < -0.4 is 4.90 Å². The van der Waals surface area contributed by atoms with Crippen LogP contribution in [0.5, 0.6) is 0 Å². The highest BCUT2D eigenvalue weighted by atomic mass is 19.4. The van der Waals surface area contributed by atoms with Crippen molar-refractivity contribution in [2.24, 2.45) is 5.41 Å². The predicted molar refractivity (Wildman–Crippen MR) is 118 cm³/mol.